The number of hydrogen-bond acceptors (Lipinski definition) is 3. The normalized spacial score (nSPS) is 20.5. The van der Waals surface area contributed by atoms with Gasteiger partial charge in [-0.2, -0.15) is 0 Å². The van der Waals surface area contributed by atoms with Gasteiger partial charge >= 0.3 is 5.97 Å². The minimum Gasteiger partial charge on any atom is -0.481 e. The zero-order valence-electron chi connectivity index (χ0n) is 5.62. The van der Waals surface area contributed by atoms with Crippen molar-refractivity contribution in [3.63, 3.8) is 0 Å². The molecule has 0 aromatic heterocycles. The van der Waals surface area contributed by atoms with E-state index in [9.17, 15) is 4.79 Å². The van der Waals surface area contributed by atoms with Crippen LogP contribution in [0.2, 0.25) is 0 Å². The van der Waals surface area contributed by atoms with Gasteiger partial charge < -0.3 is 9.94 Å². The second-order valence-electron chi connectivity index (χ2n) is 2.62. The van der Waals surface area contributed by atoms with E-state index in [1.807, 2.05) is 0 Å². The maximum Gasteiger partial charge on any atom is 0.309 e. The topological polar surface area (TPSA) is 72.5 Å². The fourth-order valence-corrected chi connectivity index (χ4v) is 1.01. The van der Waals surface area contributed by atoms with Gasteiger partial charge in [0.2, 0.25) is 0 Å². The van der Waals surface area contributed by atoms with Gasteiger partial charge in [-0.15, -0.1) is 0 Å². The molecule has 4 heteroatoms. The van der Waals surface area contributed by atoms with Crippen molar-refractivity contribution in [2.24, 2.45) is 17.7 Å². The van der Waals surface area contributed by atoms with Gasteiger partial charge in [-0.05, 0) is 18.8 Å². The molecule has 0 aromatic rings. The zero-order chi connectivity index (χ0) is 7.56. The number of carbonyl (C=O) groups is 1. The van der Waals surface area contributed by atoms with Gasteiger partial charge in [-0.25, -0.2) is 5.90 Å². The molecule has 1 saturated carbocycles. The summed E-state index contributed by atoms with van der Waals surface area (Å²) in [6.45, 7) is 0.139. The average Bonchev–Trinajstić information content (AvgIpc) is 2.63. The van der Waals surface area contributed by atoms with E-state index in [1.54, 1.807) is 0 Å². The fourth-order valence-electron chi connectivity index (χ4n) is 1.01. The predicted octanol–water partition coefficient (Wildman–Crippen LogP) is -0.0125. The van der Waals surface area contributed by atoms with Gasteiger partial charge in [0.25, 0.3) is 0 Å². The van der Waals surface area contributed by atoms with Crippen molar-refractivity contribution in [3.8, 4) is 0 Å². The number of carboxylic acids is 1. The molecule has 4 nitrogen and oxygen atoms in total. The Morgan fingerprint density at radius 1 is 1.80 bits per heavy atom. The molecule has 0 saturated heterocycles. The largest absolute Gasteiger partial charge is 0.481 e. The number of hydrogen-bond donors (Lipinski definition) is 2. The van der Waals surface area contributed by atoms with Crippen molar-refractivity contribution in [3.05, 3.63) is 0 Å². The van der Waals surface area contributed by atoms with Gasteiger partial charge in [-0.3, -0.25) is 4.79 Å². The molecule has 1 fully saturated rings. The van der Waals surface area contributed by atoms with Crippen molar-refractivity contribution < 1.29 is 14.7 Å². The summed E-state index contributed by atoms with van der Waals surface area (Å²) in [5, 5.41) is 8.58. The molecule has 1 unspecified atom stereocenters. The molecule has 0 aromatic carbocycles. The van der Waals surface area contributed by atoms with Crippen LogP contribution in [0, 0.1) is 11.8 Å². The highest BCUT2D eigenvalue weighted by Gasteiger charge is 2.36. The van der Waals surface area contributed by atoms with Crippen LogP contribution in [0.15, 0.2) is 0 Å². The summed E-state index contributed by atoms with van der Waals surface area (Å²) in [6.07, 6.45) is 2.00. The first kappa shape index (κ1) is 7.50. The van der Waals surface area contributed by atoms with E-state index in [4.69, 9.17) is 11.0 Å². The Morgan fingerprint density at radius 3 is 2.70 bits per heavy atom. The van der Waals surface area contributed by atoms with Gasteiger partial charge in [0, 0.05) is 0 Å². The molecule has 1 atom stereocenters. The quantitative estimate of drug-likeness (QED) is 0.545. The van der Waals surface area contributed by atoms with Gasteiger partial charge in [0.05, 0.1) is 12.5 Å². The number of aliphatic carboxylic acids is 1. The van der Waals surface area contributed by atoms with E-state index in [-0.39, 0.29) is 12.5 Å². The number of carboxylic acid groups (broad SMARTS) is 1. The van der Waals surface area contributed by atoms with E-state index in [0.717, 1.165) is 12.8 Å². The lowest BCUT2D eigenvalue weighted by Gasteiger charge is -2.07. The minimum absolute atomic E-state index is 0.139. The number of nitrogens with two attached hydrogens (primary N) is 1. The first-order valence-corrected chi connectivity index (χ1v) is 3.30. The Balaban J connectivity index is 2.34. The summed E-state index contributed by atoms with van der Waals surface area (Å²) in [5.74, 6) is 3.89. The van der Waals surface area contributed by atoms with Crippen molar-refractivity contribution in [1.29, 1.82) is 0 Å². The third-order valence-corrected chi connectivity index (χ3v) is 1.78. The third kappa shape index (κ3) is 1.68. The van der Waals surface area contributed by atoms with Crippen LogP contribution in [0.1, 0.15) is 12.8 Å². The Bertz CT molecular complexity index is 133. The third-order valence-electron chi connectivity index (χ3n) is 1.78. The summed E-state index contributed by atoms with van der Waals surface area (Å²) in [4.78, 5) is 14.7. The van der Waals surface area contributed by atoms with Crippen LogP contribution in [-0.2, 0) is 9.63 Å². The van der Waals surface area contributed by atoms with E-state index in [0.29, 0.717) is 5.92 Å². The Hall–Kier alpha value is -0.610. The molecule has 0 aliphatic heterocycles. The highest BCUT2D eigenvalue weighted by Crippen LogP contribution is 2.36. The molecule has 3 N–H and O–H groups in total. The van der Waals surface area contributed by atoms with Crippen LogP contribution in [0.4, 0.5) is 0 Å². The lowest BCUT2D eigenvalue weighted by molar-refractivity contribution is -0.144. The van der Waals surface area contributed by atoms with E-state index in [2.05, 4.69) is 4.84 Å². The molecule has 1 rings (SSSR count). The summed E-state index contributed by atoms with van der Waals surface area (Å²) in [6, 6.07) is 0. The predicted molar refractivity (Wildman–Crippen MR) is 34.0 cm³/mol. The van der Waals surface area contributed by atoms with Gasteiger partial charge in [-0.1, -0.05) is 0 Å². The van der Waals surface area contributed by atoms with Gasteiger partial charge in [0.1, 0.15) is 0 Å². The zero-order valence-corrected chi connectivity index (χ0v) is 5.62. The molecule has 0 radical (unpaired) electrons. The molecule has 0 heterocycles. The summed E-state index contributed by atoms with van der Waals surface area (Å²) < 4.78 is 0. The lowest BCUT2D eigenvalue weighted by Crippen LogP contribution is -2.23. The highest BCUT2D eigenvalue weighted by atomic mass is 16.6. The first-order chi connectivity index (χ1) is 4.75. The van der Waals surface area contributed by atoms with Crippen LogP contribution in [0.25, 0.3) is 0 Å². The molecule has 1 aliphatic rings. The van der Waals surface area contributed by atoms with Crippen molar-refractivity contribution in [1.82, 2.24) is 0 Å². The SMILES string of the molecule is NOCC(C(=O)O)C1CC1. The molecular weight excluding hydrogens is 134 g/mol. The lowest BCUT2D eigenvalue weighted by atomic mass is 10.1. The molecule has 10 heavy (non-hydrogen) atoms. The smallest absolute Gasteiger partial charge is 0.309 e. The molecule has 0 spiro atoms. The van der Waals surface area contributed by atoms with Crippen LogP contribution in [-0.4, -0.2) is 17.7 Å². The summed E-state index contributed by atoms with van der Waals surface area (Å²) in [5.41, 5.74) is 0. The molecule has 0 bridgehead atoms. The van der Waals surface area contributed by atoms with Crippen LogP contribution in [0.3, 0.4) is 0 Å². The second kappa shape index (κ2) is 2.98. The van der Waals surface area contributed by atoms with E-state index < -0.39 is 5.97 Å². The van der Waals surface area contributed by atoms with Gasteiger partial charge in [0.15, 0.2) is 0 Å². The average molecular weight is 145 g/mol. The highest BCUT2D eigenvalue weighted by molar-refractivity contribution is 5.70. The standard InChI is InChI=1S/C6H11NO3/c7-10-3-5(6(8)9)4-1-2-4/h4-5H,1-3,7H2,(H,8,9). The minimum atomic E-state index is -0.798. The first-order valence-electron chi connectivity index (χ1n) is 3.30. The molecule has 58 valence electrons. The molecule has 0 amide bonds. The summed E-state index contributed by atoms with van der Waals surface area (Å²) in [7, 11) is 0. The van der Waals surface area contributed by atoms with Crippen LogP contribution < -0.4 is 5.90 Å². The fraction of sp³-hybridized carbons (Fsp3) is 0.833. The molecule has 1 aliphatic carbocycles. The maximum atomic E-state index is 10.4. The Kier molecular flexibility index (Phi) is 2.24. The van der Waals surface area contributed by atoms with Crippen LogP contribution >= 0.6 is 0 Å². The van der Waals surface area contributed by atoms with E-state index in [1.165, 1.54) is 0 Å². The van der Waals surface area contributed by atoms with Crippen molar-refractivity contribution >= 4 is 5.97 Å². The van der Waals surface area contributed by atoms with Crippen molar-refractivity contribution in [2.45, 2.75) is 12.8 Å². The monoisotopic (exact) mass is 145 g/mol. The Labute approximate surface area is 58.9 Å². The van der Waals surface area contributed by atoms with Crippen molar-refractivity contribution in [2.75, 3.05) is 6.61 Å². The maximum absolute atomic E-state index is 10.4. The Morgan fingerprint density at radius 2 is 2.40 bits per heavy atom. The van der Waals surface area contributed by atoms with E-state index >= 15 is 0 Å². The summed E-state index contributed by atoms with van der Waals surface area (Å²) >= 11 is 0. The second-order valence-corrected chi connectivity index (χ2v) is 2.62. The van der Waals surface area contributed by atoms with Crippen LogP contribution in [0.5, 0.6) is 0 Å². The number of rotatable bonds is 4. The molecular formula is C6H11NO3.